The number of benzene rings is 2. The number of halogens is 2. The van der Waals surface area contributed by atoms with Gasteiger partial charge in [-0.15, -0.1) is 0 Å². The molecule has 0 aliphatic rings. The monoisotopic (exact) mass is 435 g/mol. The van der Waals surface area contributed by atoms with E-state index in [1.807, 2.05) is 49.4 Å². The quantitative estimate of drug-likeness (QED) is 0.437. The van der Waals surface area contributed by atoms with Crippen molar-refractivity contribution >= 4 is 40.4 Å². The third-order valence-corrected chi connectivity index (χ3v) is 4.78. The van der Waals surface area contributed by atoms with Gasteiger partial charge in [0.05, 0.1) is 24.4 Å². The molecule has 0 radical (unpaired) electrons. The molecule has 0 fully saturated rings. The molecule has 1 heterocycles. The zero-order chi connectivity index (χ0) is 19.9. The summed E-state index contributed by atoms with van der Waals surface area (Å²) < 4.78 is 17.0. The van der Waals surface area contributed by atoms with Gasteiger partial charge in [-0.25, -0.2) is 0 Å². The highest BCUT2D eigenvalue weighted by Crippen LogP contribution is 2.37. The van der Waals surface area contributed by atoms with Crippen molar-refractivity contribution in [2.45, 2.75) is 20.1 Å². The van der Waals surface area contributed by atoms with Crippen LogP contribution in [0.1, 0.15) is 23.8 Å². The van der Waals surface area contributed by atoms with Crippen LogP contribution in [0.4, 0.5) is 0 Å². The summed E-state index contributed by atoms with van der Waals surface area (Å²) in [6, 6.07) is 14.7. The Labute approximate surface area is 179 Å². The van der Waals surface area contributed by atoms with Crippen LogP contribution >= 0.6 is 35.4 Å². The maximum absolute atomic E-state index is 6.47. The molecule has 0 aliphatic heterocycles. The van der Waals surface area contributed by atoms with Crippen LogP contribution in [-0.2, 0) is 13.2 Å². The van der Waals surface area contributed by atoms with Gasteiger partial charge in [0.25, 0.3) is 0 Å². The third-order valence-electron chi connectivity index (χ3n) is 3.87. The lowest BCUT2D eigenvalue weighted by Crippen LogP contribution is -2.21. The van der Waals surface area contributed by atoms with E-state index >= 15 is 0 Å². The predicted molar refractivity (Wildman–Crippen MR) is 116 cm³/mol. The normalized spacial score (nSPS) is 10.5. The van der Waals surface area contributed by atoms with E-state index in [4.69, 9.17) is 49.3 Å². The molecule has 4 nitrogen and oxygen atoms in total. The fraction of sp³-hybridized carbons (Fsp3) is 0.190. The van der Waals surface area contributed by atoms with Gasteiger partial charge in [0.1, 0.15) is 17.4 Å². The summed E-state index contributed by atoms with van der Waals surface area (Å²) in [4.78, 5) is 0.545. The number of nitrogens with one attached hydrogen (secondary N) is 1. The highest BCUT2D eigenvalue weighted by atomic mass is 35.5. The van der Waals surface area contributed by atoms with Crippen molar-refractivity contribution in [1.29, 1.82) is 0 Å². The third kappa shape index (κ3) is 5.41. The standard InChI is InChI=1S/C21H19Cl2NO3S/c1-2-25-19-11-15(21(28)24-12-17-4-3-9-26-17)10-18(23)20(19)27-13-14-5-7-16(22)8-6-14/h3-11H,2,12-13H2,1H3,(H,24,28). The van der Waals surface area contributed by atoms with Gasteiger partial charge in [-0.2, -0.15) is 0 Å². The lowest BCUT2D eigenvalue weighted by atomic mass is 10.2. The van der Waals surface area contributed by atoms with Crippen molar-refractivity contribution in [3.63, 3.8) is 0 Å². The first kappa shape index (κ1) is 20.5. The summed E-state index contributed by atoms with van der Waals surface area (Å²) in [5, 5.41) is 4.26. The Hall–Kier alpha value is -2.21. The minimum Gasteiger partial charge on any atom is -0.490 e. The highest BCUT2D eigenvalue weighted by Gasteiger charge is 2.15. The van der Waals surface area contributed by atoms with Crippen LogP contribution in [0.25, 0.3) is 0 Å². The summed E-state index contributed by atoms with van der Waals surface area (Å²) in [6.07, 6.45) is 1.62. The Morgan fingerprint density at radius 3 is 2.57 bits per heavy atom. The lowest BCUT2D eigenvalue weighted by Gasteiger charge is -2.16. The molecule has 1 aromatic heterocycles. The van der Waals surface area contributed by atoms with E-state index < -0.39 is 0 Å². The molecule has 0 spiro atoms. The zero-order valence-corrected chi connectivity index (χ0v) is 17.5. The fourth-order valence-corrected chi connectivity index (χ4v) is 3.10. The average molecular weight is 436 g/mol. The minimum atomic E-state index is 0.345. The second-order valence-electron chi connectivity index (χ2n) is 5.90. The first-order valence-corrected chi connectivity index (χ1v) is 9.87. The smallest absolute Gasteiger partial charge is 0.180 e. The number of ether oxygens (including phenoxy) is 2. The van der Waals surface area contributed by atoms with Crippen LogP contribution in [-0.4, -0.2) is 11.6 Å². The summed E-state index contributed by atoms with van der Waals surface area (Å²) in [7, 11) is 0. The molecule has 146 valence electrons. The molecule has 2 aromatic carbocycles. The molecule has 0 saturated heterocycles. The molecule has 3 rings (SSSR count). The Morgan fingerprint density at radius 1 is 1.11 bits per heavy atom. The van der Waals surface area contributed by atoms with Crippen LogP contribution in [0.2, 0.25) is 10.0 Å². The van der Waals surface area contributed by atoms with E-state index in [1.54, 1.807) is 12.3 Å². The Balaban J connectivity index is 1.74. The van der Waals surface area contributed by atoms with E-state index in [1.165, 1.54) is 0 Å². The van der Waals surface area contributed by atoms with Crippen molar-refractivity contribution in [3.05, 3.63) is 81.7 Å². The highest BCUT2D eigenvalue weighted by molar-refractivity contribution is 7.80. The molecule has 0 amide bonds. The lowest BCUT2D eigenvalue weighted by molar-refractivity contribution is 0.269. The van der Waals surface area contributed by atoms with Crippen molar-refractivity contribution in [2.75, 3.05) is 6.61 Å². The fourth-order valence-electron chi connectivity index (χ4n) is 2.52. The van der Waals surface area contributed by atoms with Gasteiger partial charge in [-0.05, 0) is 48.9 Å². The Morgan fingerprint density at radius 2 is 1.89 bits per heavy atom. The Kier molecular flexibility index (Phi) is 7.20. The zero-order valence-electron chi connectivity index (χ0n) is 15.2. The molecule has 7 heteroatoms. The van der Waals surface area contributed by atoms with Gasteiger partial charge < -0.3 is 19.2 Å². The van der Waals surface area contributed by atoms with E-state index in [9.17, 15) is 0 Å². The number of thiocarbonyl (C=S) groups is 1. The molecule has 0 aliphatic carbocycles. The van der Waals surface area contributed by atoms with Crippen molar-refractivity contribution < 1.29 is 13.9 Å². The predicted octanol–water partition coefficient (Wildman–Crippen LogP) is 6.03. The summed E-state index contributed by atoms with van der Waals surface area (Å²) in [6.45, 7) is 3.21. The van der Waals surface area contributed by atoms with Gasteiger partial charge in [0, 0.05) is 10.6 Å². The van der Waals surface area contributed by atoms with E-state index in [2.05, 4.69) is 5.32 Å². The van der Waals surface area contributed by atoms with Crippen LogP contribution in [0.15, 0.2) is 59.2 Å². The average Bonchev–Trinajstić information content (AvgIpc) is 3.20. The van der Waals surface area contributed by atoms with Gasteiger partial charge >= 0.3 is 0 Å². The number of furan rings is 1. The summed E-state index contributed by atoms with van der Waals surface area (Å²) in [5.41, 5.74) is 1.72. The van der Waals surface area contributed by atoms with Gasteiger partial charge in [0.15, 0.2) is 11.5 Å². The molecule has 28 heavy (non-hydrogen) atoms. The van der Waals surface area contributed by atoms with Crippen LogP contribution in [0.3, 0.4) is 0 Å². The van der Waals surface area contributed by atoms with Crippen molar-refractivity contribution in [3.8, 4) is 11.5 Å². The summed E-state index contributed by atoms with van der Waals surface area (Å²) >= 11 is 17.9. The number of hydrogen-bond donors (Lipinski definition) is 1. The molecule has 0 unspecified atom stereocenters. The first-order chi connectivity index (χ1) is 13.6. The summed E-state index contributed by atoms with van der Waals surface area (Å²) in [5.74, 6) is 1.82. The van der Waals surface area contributed by atoms with E-state index in [0.29, 0.717) is 46.3 Å². The van der Waals surface area contributed by atoms with Gasteiger partial charge in [-0.1, -0.05) is 47.6 Å². The van der Waals surface area contributed by atoms with Crippen molar-refractivity contribution in [2.24, 2.45) is 0 Å². The maximum atomic E-state index is 6.47. The molecule has 0 bridgehead atoms. The molecule has 3 aromatic rings. The van der Waals surface area contributed by atoms with Crippen LogP contribution < -0.4 is 14.8 Å². The largest absolute Gasteiger partial charge is 0.490 e. The Bertz CT molecular complexity index is 928. The molecule has 0 atom stereocenters. The van der Waals surface area contributed by atoms with E-state index in [0.717, 1.165) is 16.9 Å². The molecule has 0 saturated carbocycles. The van der Waals surface area contributed by atoms with Gasteiger partial charge in [0.2, 0.25) is 0 Å². The SMILES string of the molecule is CCOc1cc(C(=S)NCc2ccco2)cc(Cl)c1OCc1ccc(Cl)cc1. The van der Waals surface area contributed by atoms with E-state index in [-0.39, 0.29) is 0 Å². The second-order valence-corrected chi connectivity index (χ2v) is 7.15. The minimum absolute atomic E-state index is 0.345. The molecular weight excluding hydrogens is 417 g/mol. The van der Waals surface area contributed by atoms with Crippen LogP contribution in [0, 0.1) is 0 Å². The van der Waals surface area contributed by atoms with Crippen LogP contribution in [0.5, 0.6) is 11.5 Å². The first-order valence-electron chi connectivity index (χ1n) is 8.71. The number of hydrogen-bond acceptors (Lipinski definition) is 4. The van der Waals surface area contributed by atoms with Crippen molar-refractivity contribution in [1.82, 2.24) is 5.32 Å². The molecular formula is C21H19Cl2NO3S. The topological polar surface area (TPSA) is 43.6 Å². The number of rotatable bonds is 8. The maximum Gasteiger partial charge on any atom is 0.180 e. The molecule has 1 N–H and O–H groups in total. The second kappa shape index (κ2) is 9.82. The van der Waals surface area contributed by atoms with Gasteiger partial charge in [-0.3, -0.25) is 0 Å².